The molecule has 0 aliphatic carbocycles. The summed E-state index contributed by atoms with van der Waals surface area (Å²) >= 11 is 0. The number of benzene rings is 3. The van der Waals surface area contributed by atoms with Crippen molar-refractivity contribution < 1.29 is 40.3 Å². The van der Waals surface area contributed by atoms with E-state index in [0.717, 1.165) is 24.3 Å². The molecule has 12 heteroatoms. The third-order valence-corrected chi connectivity index (χ3v) is 5.86. The second kappa shape index (κ2) is 9.91. The average Bonchev–Trinajstić information content (AvgIpc) is 2.79. The number of aryl methyl sites for hydroxylation is 1. The van der Waals surface area contributed by atoms with Gasteiger partial charge in [0.2, 0.25) is 0 Å². The molecule has 0 spiro atoms. The van der Waals surface area contributed by atoms with Crippen LogP contribution < -0.4 is 10.0 Å². The number of sulfonamides is 1. The van der Waals surface area contributed by atoms with Crippen LogP contribution in [0.5, 0.6) is 0 Å². The minimum absolute atomic E-state index is 0.0900. The number of hydrogen-bond donors (Lipinski definition) is 2. The highest BCUT2D eigenvalue weighted by Gasteiger charge is 2.21. The van der Waals surface area contributed by atoms with Gasteiger partial charge in [0.25, 0.3) is 15.9 Å². The molecule has 0 aromatic heterocycles. The zero-order valence-corrected chi connectivity index (χ0v) is 18.2. The van der Waals surface area contributed by atoms with Crippen molar-refractivity contribution in [2.45, 2.75) is 11.8 Å². The maximum absolute atomic E-state index is 13.7. The Morgan fingerprint density at radius 1 is 0.912 bits per heavy atom. The Hall–Kier alpha value is -3.93. The predicted octanol–water partition coefficient (Wildman–Crippen LogP) is 4.15. The fourth-order valence-corrected chi connectivity index (χ4v) is 3.82. The maximum atomic E-state index is 13.7. The summed E-state index contributed by atoms with van der Waals surface area (Å²) < 4.78 is 85.2. The Bertz CT molecular complexity index is 1360. The molecule has 178 valence electrons. The van der Waals surface area contributed by atoms with E-state index >= 15 is 0 Å². The molecule has 3 aromatic rings. The van der Waals surface area contributed by atoms with Gasteiger partial charge in [-0.25, -0.2) is 30.8 Å². The van der Waals surface area contributed by atoms with E-state index in [4.69, 9.17) is 4.74 Å². The highest BCUT2D eigenvalue weighted by molar-refractivity contribution is 7.92. The molecule has 1 amide bonds. The fraction of sp³-hybridized carbons (Fsp3) is 0.0909. The van der Waals surface area contributed by atoms with Crippen LogP contribution in [0.3, 0.4) is 0 Å². The predicted molar refractivity (Wildman–Crippen MR) is 114 cm³/mol. The molecular formula is C22H16F4N2O5S. The van der Waals surface area contributed by atoms with Crippen molar-refractivity contribution in [2.24, 2.45) is 0 Å². The van der Waals surface area contributed by atoms with E-state index in [0.29, 0.717) is 11.6 Å². The molecule has 0 unspecified atom stereocenters. The van der Waals surface area contributed by atoms with Crippen molar-refractivity contribution in [1.29, 1.82) is 0 Å². The maximum Gasteiger partial charge on any atom is 0.338 e. The first-order chi connectivity index (χ1) is 16.0. The van der Waals surface area contributed by atoms with Gasteiger partial charge in [0.05, 0.1) is 16.1 Å². The lowest BCUT2D eigenvalue weighted by Crippen LogP contribution is -2.22. The Morgan fingerprint density at radius 2 is 1.59 bits per heavy atom. The van der Waals surface area contributed by atoms with Gasteiger partial charge in [-0.2, -0.15) is 0 Å². The van der Waals surface area contributed by atoms with Gasteiger partial charge < -0.3 is 10.1 Å². The minimum Gasteiger partial charge on any atom is -0.452 e. The molecule has 0 fully saturated rings. The van der Waals surface area contributed by atoms with Crippen molar-refractivity contribution in [3.63, 3.8) is 0 Å². The summed E-state index contributed by atoms with van der Waals surface area (Å²) in [5, 5.41) is 1.94. The Labute approximate surface area is 191 Å². The Balaban J connectivity index is 1.70. The van der Waals surface area contributed by atoms with Crippen LogP contribution in [0.25, 0.3) is 0 Å². The topological polar surface area (TPSA) is 102 Å². The van der Waals surface area contributed by atoms with E-state index in [1.165, 1.54) is 31.2 Å². The normalized spacial score (nSPS) is 11.1. The number of carbonyl (C=O) groups is 2. The lowest BCUT2D eigenvalue weighted by Gasteiger charge is -2.12. The molecule has 34 heavy (non-hydrogen) atoms. The van der Waals surface area contributed by atoms with E-state index < -0.39 is 57.5 Å². The number of hydrogen-bond acceptors (Lipinski definition) is 5. The van der Waals surface area contributed by atoms with Crippen LogP contribution in [0, 0.1) is 30.2 Å². The van der Waals surface area contributed by atoms with E-state index in [1.807, 2.05) is 5.32 Å². The summed E-state index contributed by atoms with van der Waals surface area (Å²) in [7, 11) is -4.15. The first-order valence-electron chi connectivity index (χ1n) is 9.47. The van der Waals surface area contributed by atoms with Gasteiger partial charge in [-0.05, 0) is 61.0 Å². The second-order valence-corrected chi connectivity index (χ2v) is 8.62. The number of anilines is 2. The molecule has 0 radical (unpaired) electrons. The van der Waals surface area contributed by atoms with Gasteiger partial charge in [0.1, 0.15) is 5.82 Å². The van der Waals surface area contributed by atoms with Crippen molar-refractivity contribution in [2.75, 3.05) is 16.6 Å². The van der Waals surface area contributed by atoms with E-state index in [-0.39, 0.29) is 16.1 Å². The first-order valence-corrected chi connectivity index (χ1v) is 11.0. The smallest absolute Gasteiger partial charge is 0.338 e. The first kappa shape index (κ1) is 24.7. The molecule has 0 atom stereocenters. The average molecular weight is 496 g/mol. The molecule has 0 saturated heterocycles. The van der Waals surface area contributed by atoms with Crippen LogP contribution >= 0.6 is 0 Å². The molecule has 3 aromatic carbocycles. The lowest BCUT2D eigenvalue weighted by atomic mass is 10.1. The number of carbonyl (C=O) groups excluding carboxylic acids is 2. The molecule has 3 rings (SSSR count). The van der Waals surface area contributed by atoms with Crippen LogP contribution in [0.1, 0.15) is 15.9 Å². The zero-order chi connectivity index (χ0) is 25.0. The van der Waals surface area contributed by atoms with Crippen LogP contribution in [0.2, 0.25) is 0 Å². The SMILES string of the molecule is Cc1ccc(S(=O)(=O)Nc2ccc(F)cc2)cc1C(=O)OCC(=O)Nc1ccc(F)c(F)c1F. The van der Waals surface area contributed by atoms with Crippen molar-refractivity contribution in [3.05, 3.63) is 89.0 Å². The van der Waals surface area contributed by atoms with E-state index in [1.54, 1.807) is 0 Å². The van der Waals surface area contributed by atoms with Gasteiger partial charge in [-0.15, -0.1) is 0 Å². The van der Waals surface area contributed by atoms with Crippen molar-refractivity contribution in [1.82, 2.24) is 0 Å². The summed E-state index contributed by atoms with van der Waals surface area (Å²) in [6, 6.07) is 9.55. The molecule has 7 nitrogen and oxygen atoms in total. The van der Waals surface area contributed by atoms with E-state index in [2.05, 4.69) is 4.72 Å². The van der Waals surface area contributed by atoms with Gasteiger partial charge in [-0.3, -0.25) is 9.52 Å². The number of rotatable bonds is 7. The monoisotopic (exact) mass is 496 g/mol. The highest BCUT2D eigenvalue weighted by atomic mass is 32.2. The highest BCUT2D eigenvalue weighted by Crippen LogP contribution is 2.21. The standard InChI is InChI=1S/C22H16F4N2O5S/c1-12-2-7-15(34(31,32)28-14-5-3-13(23)4-6-14)10-16(12)22(30)33-11-19(29)27-18-9-8-17(24)20(25)21(18)26/h2-10,28H,11H2,1H3,(H,27,29). The summed E-state index contributed by atoms with van der Waals surface area (Å²) in [6.45, 7) is 0.582. The lowest BCUT2D eigenvalue weighted by molar-refractivity contribution is -0.119. The molecule has 0 saturated carbocycles. The van der Waals surface area contributed by atoms with Crippen LogP contribution in [-0.4, -0.2) is 26.9 Å². The molecular weight excluding hydrogens is 480 g/mol. The minimum atomic E-state index is -4.15. The second-order valence-electron chi connectivity index (χ2n) is 6.94. The number of esters is 1. The number of ether oxygens (including phenoxy) is 1. The van der Waals surface area contributed by atoms with Crippen LogP contribution in [-0.2, 0) is 19.6 Å². The summed E-state index contributed by atoms with van der Waals surface area (Å²) in [6.07, 6.45) is 0. The third kappa shape index (κ3) is 5.70. The molecule has 0 heterocycles. The van der Waals surface area contributed by atoms with Crippen molar-refractivity contribution >= 4 is 33.3 Å². The summed E-state index contributed by atoms with van der Waals surface area (Å²) in [5.74, 6) is -7.50. The largest absolute Gasteiger partial charge is 0.452 e. The van der Waals surface area contributed by atoms with Crippen LogP contribution in [0.15, 0.2) is 59.5 Å². The Kier molecular flexibility index (Phi) is 7.20. The molecule has 0 aliphatic rings. The van der Waals surface area contributed by atoms with Crippen molar-refractivity contribution in [3.8, 4) is 0 Å². The molecule has 0 bridgehead atoms. The quantitative estimate of drug-likeness (QED) is 0.291. The number of nitrogens with one attached hydrogen (secondary N) is 2. The van der Waals surface area contributed by atoms with Gasteiger partial charge in [-0.1, -0.05) is 6.07 Å². The zero-order valence-electron chi connectivity index (χ0n) is 17.4. The van der Waals surface area contributed by atoms with Gasteiger partial charge >= 0.3 is 5.97 Å². The number of halogens is 4. The summed E-state index contributed by atoms with van der Waals surface area (Å²) in [4.78, 5) is 24.0. The number of amides is 1. The Morgan fingerprint density at radius 3 is 2.26 bits per heavy atom. The third-order valence-electron chi connectivity index (χ3n) is 4.48. The summed E-state index contributed by atoms with van der Waals surface area (Å²) in [5.41, 5.74) is -0.407. The van der Waals surface area contributed by atoms with E-state index in [9.17, 15) is 35.6 Å². The van der Waals surface area contributed by atoms with Gasteiger partial charge in [0.15, 0.2) is 24.1 Å². The van der Waals surface area contributed by atoms with Gasteiger partial charge in [0, 0.05) is 5.69 Å². The fourth-order valence-electron chi connectivity index (χ4n) is 2.74. The molecule has 2 N–H and O–H groups in total. The molecule has 0 aliphatic heterocycles. The van der Waals surface area contributed by atoms with Crippen LogP contribution in [0.4, 0.5) is 28.9 Å².